The van der Waals surface area contributed by atoms with Crippen molar-refractivity contribution in [3.8, 4) is 5.75 Å². The van der Waals surface area contributed by atoms with Crippen LogP contribution in [-0.4, -0.2) is 34.3 Å². The summed E-state index contributed by atoms with van der Waals surface area (Å²) in [7, 11) is 0. The molecule has 19 heavy (non-hydrogen) atoms. The lowest BCUT2D eigenvalue weighted by atomic mass is 9.86. The minimum Gasteiger partial charge on any atom is -0.507 e. The first-order valence-electron chi connectivity index (χ1n) is 6.47. The van der Waals surface area contributed by atoms with Crippen molar-refractivity contribution < 1.29 is 20.1 Å². The molecular formula is C15H20O4. The van der Waals surface area contributed by atoms with E-state index in [9.17, 15) is 15.0 Å². The molecule has 0 saturated carbocycles. The molecule has 0 heterocycles. The van der Waals surface area contributed by atoms with E-state index in [-0.39, 0.29) is 24.7 Å². The molecule has 2 rings (SSSR count). The maximum absolute atomic E-state index is 12.5. The van der Waals surface area contributed by atoms with Crippen LogP contribution < -0.4 is 0 Å². The summed E-state index contributed by atoms with van der Waals surface area (Å²) in [6, 6.07) is 0. The second-order valence-electron chi connectivity index (χ2n) is 5.63. The van der Waals surface area contributed by atoms with Gasteiger partial charge in [0.15, 0.2) is 5.78 Å². The van der Waals surface area contributed by atoms with Gasteiger partial charge in [-0.25, -0.2) is 0 Å². The minimum atomic E-state index is -0.838. The monoisotopic (exact) mass is 264 g/mol. The van der Waals surface area contributed by atoms with Crippen LogP contribution in [-0.2, 0) is 12.8 Å². The topological polar surface area (TPSA) is 77.8 Å². The molecule has 4 heteroatoms. The second kappa shape index (κ2) is 4.62. The Morgan fingerprint density at radius 3 is 2.37 bits per heavy atom. The Morgan fingerprint density at radius 1 is 1.21 bits per heavy atom. The van der Waals surface area contributed by atoms with Crippen LogP contribution in [0.2, 0.25) is 0 Å². The molecule has 1 aliphatic rings. The number of hydrogen-bond acceptors (Lipinski definition) is 4. The Morgan fingerprint density at radius 2 is 1.84 bits per heavy atom. The van der Waals surface area contributed by atoms with Crippen LogP contribution in [0.1, 0.15) is 39.5 Å². The fourth-order valence-corrected chi connectivity index (χ4v) is 3.01. The van der Waals surface area contributed by atoms with E-state index in [0.717, 1.165) is 16.7 Å². The van der Waals surface area contributed by atoms with Crippen molar-refractivity contribution in [2.45, 2.75) is 33.6 Å². The van der Waals surface area contributed by atoms with Gasteiger partial charge in [-0.3, -0.25) is 4.79 Å². The van der Waals surface area contributed by atoms with E-state index in [2.05, 4.69) is 0 Å². The molecule has 0 radical (unpaired) electrons. The fraction of sp³-hybridized carbons (Fsp3) is 0.533. The van der Waals surface area contributed by atoms with E-state index in [1.54, 1.807) is 13.8 Å². The molecule has 1 atom stereocenters. The zero-order valence-electron chi connectivity index (χ0n) is 11.6. The summed E-state index contributed by atoms with van der Waals surface area (Å²) in [6.45, 7) is 5.11. The van der Waals surface area contributed by atoms with Crippen molar-refractivity contribution in [3.63, 3.8) is 0 Å². The highest BCUT2D eigenvalue weighted by Gasteiger charge is 2.44. The van der Waals surface area contributed by atoms with Gasteiger partial charge in [-0.15, -0.1) is 0 Å². The zero-order chi connectivity index (χ0) is 14.4. The Balaban J connectivity index is 2.70. The van der Waals surface area contributed by atoms with Crippen LogP contribution in [0.15, 0.2) is 0 Å². The van der Waals surface area contributed by atoms with Gasteiger partial charge >= 0.3 is 0 Å². The number of aliphatic hydroxyl groups excluding tert-OH is 2. The van der Waals surface area contributed by atoms with Crippen molar-refractivity contribution in [2.75, 3.05) is 13.2 Å². The molecule has 4 nitrogen and oxygen atoms in total. The van der Waals surface area contributed by atoms with Gasteiger partial charge in [0, 0.05) is 17.7 Å². The lowest BCUT2D eigenvalue weighted by Crippen LogP contribution is -2.28. The highest BCUT2D eigenvalue weighted by atomic mass is 16.3. The van der Waals surface area contributed by atoms with Crippen LogP contribution >= 0.6 is 0 Å². The van der Waals surface area contributed by atoms with Crippen LogP contribution in [0, 0.1) is 19.3 Å². The number of fused-ring (bicyclic) bond motifs is 1. The number of Topliss-reactive ketones (excluding diaryl/α,β-unsaturated/α-hetero) is 1. The molecule has 3 N–H and O–H groups in total. The Bertz CT molecular complexity index is 548. The molecule has 1 aromatic carbocycles. The second-order valence-corrected chi connectivity index (χ2v) is 5.63. The lowest BCUT2D eigenvalue weighted by molar-refractivity contribution is 0.0721. The summed E-state index contributed by atoms with van der Waals surface area (Å²) < 4.78 is 0. The number of carbonyl (C=O) groups excluding carboxylic acids is 1. The highest BCUT2D eigenvalue weighted by molar-refractivity contribution is 6.07. The number of phenols is 1. The smallest absolute Gasteiger partial charge is 0.172 e. The quantitative estimate of drug-likeness (QED) is 0.768. The van der Waals surface area contributed by atoms with E-state index < -0.39 is 5.41 Å². The molecule has 0 aliphatic heterocycles. The summed E-state index contributed by atoms with van der Waals surface area (Å²) in [6.07, 6.45) is 0.784. The number of aromatic hydroxyl groups is 1. The van der Waals surface area contributed by atoms with Crippen LogP contribution in [0.5, 0.6) is 5.75 Å². The van der Waals surface area contributed by atoms with Gasteiger partial charge in [0.2, 0.25) is 0 Å². The molecule has 1 aromatic rings. The van der Waals surface area contributed by atoms with E-state index in [1.807, 2.05) is 6.92 Å². The predicted molar refractivity (Wildman–Crippen MR) is 71.6 cm³/mol. The molecule has 0 fully saturated rings. The average Bonchev–Trinajstić information content (AvgIpc) is 2.66. The number of rotatable bonds is 3. The molecule has 104 valence electrons. The Kier molecular flexibility index (Phi) is 3.41. The maximum Gasteiger partial charge on any atom is 0.172 e. The minimum absolute atomic E-state index is 0.0225. The van der Waals surface area contributed by atoms with Crippen molar-refractivity contribution in [2.24, 2.45) is 5.41 Å². The van der Waals surface area contributed by atoms with Gasteiger partial charge < -0.3 is 15.3 Å². The number of phenolic OH excluding ortho intramolecular Hbond substituents is 1. The molecular weight excluding hydrogens is 244 g/mol. The molecule has 1 aliphatic carbocycles. The first-order valence-corrected chi connectivity index (χ1v) is 6.47. The van der Waals surface area contributed by atoms with Gasteiger partial charge in [0.05, 0.1) is 12.0 Å². The number of benzene rings is 1. The van der Waals surface area contributed by atoms with Crippen LogP contribution in [0.3, 0.4) is 0 Å². The standard InChI is InChI=1S/C15H20O4/c1-8-10(4-5-16)9(2)13(18)11-6-15(3,7-17)14(19)12(8)11/h16-18H,4-7H2,1-3H3/t15-/m0/s1. The fourth-order valence-electron chi connectivity index (χ4n) is 3.01. The predicted octanol–water partition coefficient (Wildman–Crippen LogP) is 1.28. The van der Waals surface area contributed by atoms with Crippen molar-refractivity contribution >= 4 is 5.78 Å². The third-order valence-electron chi connectivity index (χ3n) is 4.28. The van der Waals surface area contributed by atoms with E-state index >= 15 is 0 Å². The van der Waals surface area contributed by atoms with E-state index in [0.29, 0.717) is 24.0 Å². The SMILES string of the molecule is Cc1c(O)c2c(c(C)c1CCO)C(=O)[C@](C)(CO)C2. The van der Waals surface area contributed by atoms with Gasteiger partial charge in [-0.05, 0) is 50.3 Å². The van der Waals surface area contributed by atoms with Gasteiger partial charge in [-0.1, -0.05) is 0 Å². The lowest BCUT2D eigenvalue weighted by Gasteiger charge is -2.17. The molecule has 0 unspecified atom stereocenters. The summed E-state index contributed by atoms with van der Waals surface area (Å²) in [4.78, 5) is 12.5. The first-order chi connectivity index (χ1) is 8.87. The van der Waals surface area contributed by atoms with Crippen molar-refractivity contribution in [1.29, 1.82) is 0 Å². The molecule has 0 saturated heterocycles. The van der Waals surface area contributed by atoms with Gasteiger partial charge in [0.1, 0.15) is 5.75 Å². The number of ketones is 1. The number of hydrogen-bond donors (Lipinski definition) is 3. The Hall–Kier alpha value is -1.39. The van der Waals surface area contributed by atoms with Gasteiger partial charge in [0.25, 0.3) is 0 Å². The normalized spacial score (nSPS) is 21.8. The molecule has 0 amide bonds. The van der Waals surface area contributed by atoms with Crippen molar-refractivity contribution in [3.05, 3.63) is 27.8 Å². The molecule has 0 spiro atoms. The van der Waals surface area contributed by atoms with Crippen LogP contribution in [0.4, 0.5) is 0 Å². The van der Waals surface area contributed by atoms with Gasteiger partial charge in [-0.2, -0.15) is 0 Å². The number of carbonyl (C=O) groups is 1. The largest absolute Gasteiger partial charge is 0.507 e. The summed E-state index contributed by atoms with van der Waals surface area (Å²) in [5.74, 6) is 0.0200. The first kappa shape index (κ1) is 14.0. The highest BCUT2D eigenvalue weighted by Crippen LogP contribution is 2.44. The van der Waals surface area contributed by atoms with E-state index in [4.69, 9.17) is 5.11 Å². The van der Waals surface area contributed by atoms with E-state index in [1.165, 1.54) is 0 Å². The third-order valence-corrected chi connectivity index (χ3v) is 4.28. The summed E-state index contributed by atoms with van der Waals surface area (Å²) >= 11 is 0. The zero-order valence-corrected chi connectivity index (χ0v) is 11.6. The average molecular weight is 264 g/mol. The molecule has 0 bridgehead atoms. The Labute approximate surface area is 112 Å². The maximum atomic E-state index is 12.5. The third kappa shape index (κ3) is 1.86. The summed E-state index contributed by atoms with van der Waals surface area (Å²) in [5.41, 5.74) is 2.70. The molecule has 0 aromatic heterocycles. The van der Waals surface area contributed by atoms with Crippen molar-refractivity contribution in [1.82, 2.24) is 0 Å². The van der Waals surface area contributed by atoms with Crippen LogP contribution in [0.25, 0.3) is 0 Å². The summed E-state index contributed by atoms with van der Waals surface area (Å²) in [5, 5.41) is 28.8. The number of aliphatic hydroxyl groups is 2.